The molecule has 0 atom stereocenters. The molecule has 0 spiro atoms. The third-order valence-corrected chi connectivity index (χ3v) is 0.553. The van der Waals surface area contributed by atoms with Gasteiger partial charge in [0.05, 0.1) is 12.8 Å². The van der Waals surface area contributed by atoms with Crippen LogP contribution >= 0.6 is 0 Å². The van der Waals surface area contributed by atoms with Gasteiger partial charge >= 0.3 is 11.9 Å². The monoisotopic (exact) mass is 272 g/mol. The number of carboxylic acids is 2. The zero-order chi connectivity index (χ0) is 6.57. The summed E-state index contributed by atoms with van der Waals surface area (Å²) < 4.78 is 0. The summed E-state index contributed by atoms with van der Waals surface area (Å²) in [6, 6.07) is 0. The molecule has 0 heterocycles. The second-order valence-electron chi connectivity index (χ2n) is 1.29. The fraction of sp³-hybridized carbons (Fsp3) is 0.500. The van der Waals surface area contributed by atoms with Crippen molar-refractivity contribution in [2.75, 3.05) is 0 Å². The molecule has 0 aliphatic heterocycles. The Morgan fingerprint density at radius 1 is 0.625 bits per heavy atom. The summed E-state index contributed by atoms with van der Waals surface area (Å²) in [5.74, 6) is -2.15. The molecule has 10 nitrogen and oxygen atoms in total. The maximum Gasteiger partial charge on any atom is 0.303 e. The third kappa shape index (κ3) is 84.9. The Labute approximate surface area is 135 Å². The molecule has 0 aliphatic carbocycles. The van der Waals surface area contributed by atoms with Crippen LogP contribution in [-0.4, -0.2) is 114 Å². The van der Waals surface area contributed by atoms with Gasteiger partial charge in [-0.3, -0.25) is 9.59 Å². The summed E-state index contributed by atoms with van der Waals surface area (Å²) in [6.07, 6.45) is -0.593. The first-order valence-corrected chi connectivity index (χ1v) is 2.06. The summed E-state index contributed by atoms with van der Waals surface area (Å²) in [4.78, 5) is 19.3. The zero-order valence-electron chi connectivity index (χ0n) is 9.13. The van der Waals surface area contributed by atoms with E-state index in [0.29, 0.717) is 0 Å². The average molecular weight is 272 g/mol. The average Bonchev–Trinajstić information content (AvgIpc) is 1.61. The van der Waals surface area contributed by atoms with E-state index in [2.05, 4.69) is 0 Å². The van der Waals surface area contributed by atoms with Crippen LogP contribution in [0.3, 0.4) is 0 Å². The van der Waals surface area contributed by atoms with Crippen LogP contribution in [0, 0.1) is 0 Å². The number of rotatable bonds is 3. The van der Waals surface area contributed by atoms with E-state index in [1.54, 1.807) is 0 Å². The first-order chi connectivity index (χ1) is 3.63. The molecule has 0 aromatic rings. The van der Waals surface area contributed by atoms with Gasteiger partial charge < -0.3 is 43.1 Å². The van der Waals surface area contributed by atoms with Crippen molar-refractivity contribution in [3.05, 3.63) is 0 Å². The largest absolute Gasteiger partial charge is 0.481 e. The quantitative estimate of drug-likeness (QED) is 0.474. The van der Waals surface area contributed by atoms with Crippen LogP contribution in [-0.2, 0) is 9.59 Å². The van der Waals surface area contributed by atoms with Crippen molar-refractivity contribution in [2.45, 2.75) is 12.8 Å². The predicted molar refractivity (Wildman–Crippen MR) is 57.7 cm³/mol. The molecule has 0 aromatic carbocycles. The van der Waals surface area contributed by atoms with E-state index in [1.165, 1.54) is 0 Å². The van der Waals surface area contributed by atoms with E-state index in [0.717, 1.165) is 0 Å². The van der Waals surface area contributed by atoms with Gasteiger partial charge in [0.1, 0.15) is 0 Å². The fourth-order valence-corrected chi connectivity index (χ4v) is 0.214. The summed E-state index contributed by atoms with van der Waals surface area (Å²) >= 11 is 0. The van der Waals surface area contributed by atoms with E-state index in [4.69, 9.17) is 10.2 Å². The minimum atomic E-state index is -1.08. The zero-order valence-corrected chi connectivity index (χ0v) is 13.1. The molecule has 0 bridgehead atoms. The second kappa shape index (κ2) is 44.8. The molecule has 2 radical (unpaired) electrons. The number of carbonyl (C=O) groups is 2. The maximum absolute atomic E-state index is 9.64. The minimum absolute atomic E-state index is 0. The van der Waals surface area contributed by atoms with Crippen molar-refractivity contribution in [2.24, 2.45) is 0 Å². The van der Waals surface area contributed by atoms with Crippen molar-refractivity contribution in [3.8, 4) is 0 Å². The van der Waals surface area contributed by atoms with E-state index in [1.807, 2.05) is 0 Å². The Morgan fingerprint density at radius 2 is 0.750 bits per heavy atom. The molecular weight excluding hydrogens is 254 g/mol. The molecule has 0 unspecified atom stereocenters. The first-order valence-electron chi connectivity index (χ1n) is 2.06. The van der Waals surface area contributed by atoms with Gasteiger partial charge in [0.2, 0.25) is 0 Å². The van der Waals surface area contributed by atoms with Gasteiger partial charge in [-0.1, -0.05) is 0 Å². The van der Waals surface area contributed by atoms with Crippen LogP contribution < -0.4 is 0 Å². The molecule has 0 aliphatic rings. The van der Waals surface area contributed by atoms with Gasteiger partial charge in [0.25, 0.3) is 0 Å². The number of hydrogen-bond donors (Lipinski definition) is 2. The summed E-state index contributed by atoms with van der Waals surface area (Å²) in [7, 11) is 0. The molecule has 0 aromatic heterocycles. The van der Waals surface area contributed by atoms with Gasteiger partial charge in [-0.15, -0.1) is 0 Å². The molecule has 16 heavy (non-hydrogen) atoms. The number of carboxylic acid groups (broad SMARTS) is 2. The summed E-state index contributed by atoms with van der Waals surface area (Å²) in [6.45, 7) is 0. The molecule has 14 N–H and O–H groups in total. The Balaban J connectivity index is -0.00000000875. The van der Waals surface area contributed by atoms with Gasteiger partial charge in [0, 0.05) is 59.1 Å². The van der Waals surface area contributed by atoms with Crippen LogP contribution in [0.25, 0.3) is 0 Å². The van der Waals surface area contributed by atoms with Crippen LogP contribution in [0.5, 0.6) is 0 Å². The van der Waals surface area contributed by atoms with E-state index in [9.17, 15) is 9.59 Å². The van der Waals surface area contributed by atoms with E-state index in [-0.39, 0.29) is 105 Å². The Hall–Kier alpha value is 0.700. The maximum atomic E-state index is 9.64. The molecule has 0 saturated carbocycles. The molecule has 12 heteroatoms. The topological polar surface area (TPSA) is 264 Å². The Kier molecular flexibility index (Phi) is 194. The number of hydrogen-bond acceptors (Lipinski definition) is 2. The normalized spacial score (nSPS) is 4.25. The smallest absolute Gasteiger partial charge is 0.303 e. The van der Waals surface area contributed by atoms with Crippen LogP contribution in [0.15, 0.2) is 0 Å². The molecule has 0 saturated heterocycles. The molecule has 0 rings (SSSR count). The van der Waals surface area contributed by atoms with Crippen molar-refractivity contribution < 1.29 is 52.7 Å². The van der Waals surface area contributed by atoms with E-state index < -0.39 is 11.9 Å². The van der Waals surface area contributed by atoms with Gasteiger partial charge in [-0.25, -0.2) is 0 Å². The van der Waals surface area contributed by atoms with E-state index >= 15 is 0 Å². The van der Waals surface area contributed by atoms with Crippen LogP contribution in [0.1, 0.15) is 12.8 Å². The second-order valence-corrected chi connectivity index (χ2v) is 1.29. The van der Waals surface area contributed by atoms with Crippen molar-refractivity contribution in [1.29, 1.82) is 0 Å². The van der Waals surface area contributed by atoms with Crippen molar-refractivity contribution >= 4 is 71.1 Å². The van der Waals surface area contributed by atoms with Crippen LogP contribution in [0.2, 0.25) is 0 Å². The summed E-state index contributed by atoms with van der Waals surface area (Å²) in [5.41, 5.74) is 0. The third-order valence-electron chi connectivity index (χ3n) is 0.553. The van der Waals surface area contributed by atoms with Crippen LogP contribution in [0.4, 0.5) is 0 Å². The molecule has 0 fully saturated rings. The standard InChI is InChI=1S/C4H6O4.2Na.6H2O/c5-3(6)1-2-4(7)8;;;;;;;;/h1-2H2,(H,5,6)(H,7,8);;;6*1H2. The Morgan fingerprint density at radius 3 is 0.812 bits per heavy atom. The van der Waals surface area contributed by atoms with Gasteiger partial charge in [-0.2, -0.15) is 0 Å². The molecule has 96 valence electrons. The number of aliphatic carboxylic acids is 2. The van der Waals surface area contributed by atoms with Crippen molar-refractivity contribution in [1.82, 2.24) is 0 Å². The first kappa shape index (κ1) is 69.4. The van der Waals surface area contributed by atoms with Gasteiger partial charge in [0.15, 0.2) is 0 Å². The SMILES string of the molecule is O.O.O.O.O.O.O=C(O)CCC(=O)O.[Na].[Na]. The predicted octanol–water partition coefficient (Wildman–Crippen LogP) is -5.77. The van der Waals surface area contributed by atoms with Crippen molar-refractivity contribution in [3.63, 3.8) is 0 Å². The minimum Gasteiger partial charge on any atom is -0.481 e. The Bertz CT molecular complexity index is 105. The fourth-order valence-electron chi connectivity index (χ4n) is 0.214. The van der Waals surface area contributed by atoms with Gasteiger partial charge in [-0.05, 0) is 0 Å². The summed E-state index contributed by atoms with van der Waals surface area (Å²) in [5, 5.41) is 15.8. The molecular formula is C4H18Na2O10. The molecule has 0 amide bonds.